The van der Waals surface area contributed by atoms with Crippen molar-refractivity contribution in [3.05, 3.63) is 96.2 Å². The zero-order valence-electron chi connectivity index (χ0n) is 51.6. The van der Waals surface area contributed by atoms with Crippen molar-refractivity contribution in [3.8, 4) is 5.75 Å². The molecule has 0 saturated carbocycles. The number of aliphatic hydroxyl groups excluding tert-OH is 1. The molecule has 3 heterocycles. The number of H-pyrrole nitrogens is 2. The normalized spacial score (nSPS) is 24.6. The molecule has 0 spiro atoms. The van der Waals surface area contributed by atoms with Gasteiger partial charge in [0, 0.05) is 61.1 Å². The highest BCUT2D eigenvalue weighted by molar-refractivity contribution is 6.41. The lowest BCUT2D eigenvalue weighted by atomic mass is 9.79. The van der Waals surface area contributed by atoms with Crippen LogP contribution in [0.15, 0.2) is 79.4 Å². The Labute approximate surface area is 517 Å². The highest BCUT2D eigenvalue weighted by Crippen LogP contribution is 2.30. The third-order valence-electron chi connectivity index (χ3n) is 15.8. The van der Waals surface area contributed by atoms with Crippen molar-refractivity contribution in [2.45, 2.75) is 192 Å². The number of primary amides is 2. The van der Waals surface area contributed by atoms with Crippen LogP contribution in [-0.2, 0) is 72.0 Å². The Bertz CT molecular complexity index is 3130. The molecule has 26 heteroatoms. The van der Waals surface area contributed by atoms with E-state index in [2.05, 4.69) is 57.7 Å². The number of hydrogen-bond acceptors (Lipinski definition) is 16. The molecular weight excluding hydrogens is 1150 g/mol. The number of hydrogen-bond donors (Lipinski definition) is 14. The van der Waals surface area contributed by atoms with E-state index >= 15 is 0 Å². The summed E-state index contributed by atoms with van der Waals surface area (Å²) in [5.41, 5.74) is 16.1. The summed E-state index contributed by atoms with van der Waals surface area (Å²) in [5, 5.41) is 36.8. The van der Waals surface area contributed by atoms with Gasteiger partial charge in [-0.1, -0.05) is 82.5 Å². The molecule has 9 atom stereocenters. The van der Waals surface area contributed by atoms with Crippen molar-refractivity contribution in [1.82, 2.24) is 57.7 Å². The minimum Gasteiger partial charge on any atom is -0.508 e. The second-order valence-corrected chi connectivity index (χ2v) is 24.0. The number of nitrogens with two attached hydrogens (primary N) is 2. The number of para-hydroxylation sites is 1. The molecule has 4 aromatic rings. The first-order chi connectivity index (χ1) is 42.2. The number of rotatable bonds is 17. The fourth-order valence-electron chi connectivity index (χ4n) is 10.6. The highest BCUT2D eigenvalue weighted by Gasteiger charge is 2.41. The quantitative estimate of drug-likeness (QED) is 0.0529. The van der Waals surface area contributed by atoms with Crippen molar-refractivity contribution in [2.24, 2.45) is 22.8 Å². The predicted octanol–water partition coefficient (Wildman–Crippen LogP) is 1.77. The maximum atomic E-state index is 15.0. The number of phenolic OH excluding ortho intramolecular Hbond substituents is 1. The van der Waals surface area contributed by atoms with Gasteiger partial charge < -0.3 is 63.5 Å². The Morgan fingerprint density at radius 2 is 1.34 bits per heavy atom. The number of nitrogens with one attached hydrogen (secondary N) is 10. The fourth-order valence-corrected chi connectivity index (χ4v) is 10.6. The minimum absolute atomic E-state index is 0.0216. The first-order valence-electron chi connectivity index (χ1n) is 30.3. The van der Waals surface area contributed by atoms with E-state index in [1.165, 1.54) is 57.6 Å². The maximum Gasteiger partial charge on any atom is 0.243 e. The van der Waals surface area contributed by atoms with Gasteiger partial charge in [-0.25, -0.2) is 15.8 Å². The number of hydrazine groups is 1. The molecule has 0 fully saturated rings. The first kappa shape index (κ1) is 71.1. The van der Waals surface area contributed by atoms with Crippen LogP contribution in [0.5, 0.6) is 5.75 Å². The number of carbonyl (C=O) groups is 11. The zero-order valence-corrected chi connectivity index (χ0v) is 51.6. The molecule has 5 rings (SSSR count). The average Bonchev–Trinajstić information content (AvgIpc) is 3.13. The fraction of sp³-hybridized carbons (Fsp3) is 0.524. The number of allylic oxidation sites excluding steroid dienone is 2. The van der Waals surface area contributed by atoms with Crippen LogP contribution >= 0.6 is 0 Å². The number of nitrogens with zero attached hydrogens (tertiary/aromatic N) is 1. The molecular formula is C63H89N13O13. The van der Waals surface area contributed by atoms with Crippen LogP contribution < -0.4 is 54.2 Å². The van der Waals surface area contributed by atoms with Crippen LogP contribution in [0, 0.1) is 11.3 Å². The molecule has 484 valence electrons. The third-order valence-corrected chi connectivity index (χ3v) is 15.8. The summed E-state index contributed by atoms with van der Waals surface area (Å²) in [5.74, 6) is -9.50. The topological polar surface area (TPSA) is 421 Å². The Balaban J connectivity index is 1.56. The summed E-state index contributed by atoms with van der Waals surface area (Å²) in [6.07, 6.45) is 11.7. The number of fused-ring (bicyclic) bond motifs is 1. The molecule has 8 amide bonds. The molecule has 16 N–H and O–H groups in total. The smallest absolute Gasteiger partial charge is 0.243 e. The van der Waals surface area contributed by atoms with Gasteiger partial charge in [0.2, 0.25) is 58.8 Å². The Kier molecular flexibility index (Phi) is 27.4. The Morgan fingerprint density at radius 3 is 1.97 bits per heavy atom. The number of aromatic nitrogens is 3. The number of carbonyl (C=O) groups excluding carboxylic acids is 11. The number of benzene rings is 2. The summed E-state index contributed by atoms with van der Waals surface area (Å²) in [6.45, 7) is 8.62. The summed E-state index contributed by atoms with van der Waals surface area (Å²) in [6, 6.07) is 2.80. The first-order valence-corrected chi connectivity index (χ1v) is 30.3. The monoisotopic (exact) mass is 1240 g/mol. The van der Waals surface area contributed by atoms with E-state index in [-0.39, 0.29) is 62.4 Å². The van der Waals surface area contributed by atoms with Crippen molar-refractivity contribution in [1.29, 1.82) is 0 Å². The number of aromatic hydroxyl groups is 1. The number of amides is 8. The SMILES string of the molecule is CC(=O)C[C@]1(C)CCCC=CCCCCCC[C@@](C)(C(=O)N[C@@H](CO)C(N)=O)NN[C@@H](CC(C)C)C(=O)C(=O)[C@H](CCC(N)=O)NC(=O)C(C)NC(=O)[C@H](Cc2c[nH]c3ccccc23)NC(=O)[C@H](Cc2ccc(O)cc2)NC(=O)[C@H](Cc2cnc[nH]2)NC1=O. The highest BCUT2D eigenvalue weighted by atomic mass is 16.3. The summed E-state index contributed by atoms with van der Waals surface area (Å²) in [4.78, 5) is 163. The van der Waals surface area contributed by atoms with Crippen molar-refractivity contribution < 1.29 is 63.0 Å². The van der Waals surface area contributed by atoms with E-state index in [1.54, 1.807) is 51.2 Å². The number of phenols is 1. The number of aromatic amines is 2. The molecule has 1 aliphatic rings. The van der Waals surface area contributed by atoms with Gasteiger partial charge in [-0.05, 0) is 107 Å². The summed E-state index contributed by atoms with van der Waals surface area (Å²) >= 11 is 0. The predicted molar refractivity (Wildman–Crippen MR) is 330 cm³/mol. The van der Waals surface area contributed by atoms with Crippen molar-refractivity contribution >= 4 is 75.5 Å². The lowest BCUT2D eigenvalue weighted by molar-refractivity contribution is -0.141. The summed E-state index contributed by atoms with van der Waals surface area (Å²) in [7, 11) is 0. The Hall–Kier alpha value is -8.62. The molecule has 1 unspecified atom stereocenters. The van der Waals surface area contributed by atoms with Crippen LogP contribution in [0.3, 0.4) is 0 Å². The molecule has 89 heavy (non-hydrogen) atoms. The van der Waals surface area contributed by atoms with Crippen LogP contribution in [0.2, 0.25) is 0 Å². The zero-order chi connectivity index (χ0) is 65.4. The number of aliphatic hydroxyl groups is 1. The van der Waals surface area contributed by atoms with Gasteiger partial charge in [0.15, 0.2) is 0 Å². The van der Waals surface area contributed by atoms with Gasteiger partial charge in [-0.15, -0.1) is 0 Å². The van der Waals surface area contributed by atoms with Crippen molar-refractivity contribution in [3.63, 3.8) is 0 Å². The molecule has 2 aromatic heterocycles. The molecule has 0 radical (unpaired) electrons. The standard InChI is InChI=1S/C63H89N13O13/c1-37(2)28-47-54(82)53(81)46(24-25-52(64)80)70-56(84)39(4)69-57(85)49(30-41-33-67-45-19-15-14-18-44(41)45)72-58(86)48(29-40-20-22-43(79)23-21-40)71-59(87)50(31-42-34-66-36-68-42)73-60(88)62(5,32-38(3)78)26-16-12-10-8-7-9-11-13-17-27-63(6,76-75-47)61(89)74-51(35-77)55(65)83/h8,10,14-15,18-23,33-34,36-37,39,46-51,67,75-77,79H,7,9,11-13,16-17,24-32,35H2,1-6H3,(H2,64,80)(H2,65,83)(H,66,68)(H,69,85)(H,70,84)(H,71,87)(H,72,86)(H,73,88)(H,74,89)/t39?,46-,47-,48-,49-,50-,51-,62-,63-/m0/s1. The number of imidazole rings is 1. The van der Waals surface area contributed by atoms with Gasteiger partial charge in [-0.2, -0.15) is 0 Å². The molecule has 26 nitrogen and oxygen atoms in total. The number of ketones is 3. The third kappa shape index (κ3) is 22.2. The van der Waals surface area contributed by atoms with Gasteiger partial charge in [0.05, 0.1) is 30.4 Å². The molecule has 0 aliphatic carbocycles. The van der Waals surface area contributed by atoms with Crippen LogP contribution in [0.1, 0.15) is 142 Å². The van der Waals surface area contributed by atoms with E-state index in [0.29, 0.717) is 59.8 Å². The lowest BCUT2D eigenvalue weighted by Gasteiger charge is -2.33. The van der Waals surface area contributed by atoms with Crippen LogP contribution in [-0.4, -0.2) is 144 Å². The second-order valence-electron chi connectivity index (χ2n) is 24.0. The maximum absolute atomic E-state index is 15.0. The van der Waals surface area contributed by atoms with Crippen LogP contribution in [0.25, 0.3) is 10.9 Å². The van der Waals surface area contributed by atoms with Crippen molar-refractivity contribution in [2.75, 3.05) is 6.61 Å². The van der Waals surface area contributed by atoms with Gasteiger partial charge in [0.1, 0.15) is 47.3 Å². The molecule has 0 bridgehead atoms. The largest absolute Gasteiger partial charge is 0.508 e. The number of Topliss-reactive ketones (excluding diaryl/α,β-unsaturated/α-hetero) is 3. The minimum atomic E-state index is -1.67. The summed E-state index contributed by atoms with van der Waals surface area (Å²) < 4.78 is 0. The molecule has 1 aliphatic heterocycles. The molecule has 0 saturated heterocycles. The van der Waals surface area contributed by atoms with Crippen LogP contribution in [0.4, 0.5) is 0 Å². The lowest BCUT2D eigenvalue weighted by Crippen LogP contribution is -2.65. The average molecular weight is 1240 g/mol. The van der Waals surface area contributed by atoms with E-state index < -0.39 is 132 Å². The van der Waals surface area contributed by atoms with E-state index in [0.717, 1.165) is 12.8 Å². The van der Waals surface area contributed by atoms with Gasteiger partial charge in [-0.3, -0.25) is 52.7 Å². The van der Waals surface area contributed by atoms with Gasteiger partial charge in [0.25, 0.3) is 0 Å². The van der Waals surface area contributed by atoms with Gasteiger partial charge >= 0.3 is 0 Å². The van der Waals surface area contributed by atoms with E-state index in [4.69, 9.17) is 11.5 Å². The second kappa shape index (κ2) is 34.2. The Morgan fingerprint density at radius 1 is 0.719 bits per heavy atom. The molecule has 2 aromatic carbocycles. The van der Waals surface area contributed by atoms with E-state index in [1.807, 2.05) is 12.2 Å². The van der Waals surface area contributed by atoms with E-state index in [9.17, 15) is 63.0 Å².